The molecule has 28 heavy (non-hydrogen) atoms. The fourth-order valence-corrected chi connectivity index (χ4v) is 6.27. The second-order valence-electron chi connectivity index (χ2n) is 9.83. The van der Waals surface area contributed by atoms with Crippen LogP contribution in [-0.2, 0) is 9.53 Å². The summed E-state index contributed by atoms with van der Waals surface area (Å²) >= 11 is 0. The molecule has 2 aromatic carbocycles. The highest BCUT2D eigenvalue weighted by Crippen LogP contribution is 2.63. The van der Waals surface area contributed by atoms with Crippen molar-refractivity contribution in [2.45, 2.75) is 51.6 Å². The van der Waals surface area contributed by atoms with Crippen LogP contribution in [0.2, 0.25) is 0 Å². The van der Waals surface area contributed by atoms with Crippen molar-refractivity contribution in [3.63, 3.8) is 0 Å². The summed E-state index contributed by atoms with van der Waals surface area (Å²) in [5, 5.41) is 0. The van der Waals surface area contributed by atoms with E-state index in [0.29, 0.717) is 23.2 Å². The minimum absolute atomic E-state index is 0.0127. The van der Waals surface area contributed by atoms with E-state index in [1.807, 2.05) is 12.1 Å². The lowest BCUT2D eigenvalue weighted by Crippen LogP contribution is -2.57. The highest BCUT2D eigenvalue weighted by molar-refractivity contribution is 5.80. The first-order valence-corrected chi connectivity index (χ1v) is 10.8. The fourth-order valence-electron chi connectivity index (χ4n) is 6.27. The predicted molar refractivity (Wildman–Crippen MR) is 111 cm³/mol. The lowest BCUT2D eigenvalue weighted by Gasteiger charge is -2.61. The van der Waals surface area contributed by atoms with Crippen LogP contribution in [0.15, 0.2) is 60.7 Å². The standard InChI is InChI=1S/C26H30O2/c1-16-20-14-19(26(20,2)3)15-21(16)28-25(27)24-22(17-10-6-4-7-11-17)23(24)18-12-8-5-9-13-18/h4-13,16,19-24H,14-15H2,1-3H3/t16-,19+,20-,21-,22+,23+/m0/s1. The number of fused-ring (bicyclic) bond motifs is 2. The summed E-state index contributed by atoms with van der Waals surface area (Å²) in [6.07, 6.45) is 2.44. The van der Waals surface area contributed by atoms with Crippen molar-refractivity contribution in [1.29, 1.82) is 0 Å². The van der Waals surface area contributed by atoms with E-state index in [0.717, 1.165) is 6.42 Å². The van der Waals surface area contributed by atoms with Gasteiger partial charge < -0.3 is 4.74 Å². The number of hydrogen-bond acceptors (Lipinski definition) is 2. The molecule has 0 heterocycles. The molecule has 2 heteroatoms. The van der Waals surface area contributed by atoms with E-state index in [1.165, 1.54) is 17.5 Å². The van der Waals surface area contributed by atoms with Crippen LogP contribution in [-0.4, -0.2) is 12.1 Å². The molecule has 6 rings (SSSR count). The lowest BCUT2D eigenvalue weighted by atomic mass is 9.45. The third-order valence-corrected chi connectivity index (χ3v) is 8.21. The molecule has 4 aliphatic rings. The Balaban J connectivity index is 1.35. The number of carbonyl (C=O) groups excluding carboxylic acids is 1. The van der Waals surface area contributed by atoms with Crippen molar-refractivity contribution in [2.24, 2.45) is 29.1 Å². The molecule has 2 aromatic rings. The molecule has 6 atom stereocenters. The molecule has 0 aliphatic heterocycles. The zero-order chi connectivity index (χ0) is 19.5. The van der Waals surface area contributed by atoms with E-state index in [9.17, 15) is 4.79 Å². The van der Waals surface area contributed by atoms with Crippen molar-refractivity contribution >= 4 is 5.97 Å². The molecular formula is C26H30O2. The summed E-state index contributed by atoms with van der Waals surface area (Å²) in [4.78, 5) is 13.2. The van der Waals surface area contributed by atoms with Gasteiger partial charge in [-0.1, -0.05) is 81.4 Å². The van der Waals surface area contributed by atoms with E-state index in [-0.39, 0.29) is 29.8 Å². The number of benzene rings is 2. The Labute approximate surface area is 168 Å². The van der Waals surface area contributed by atoms with Crippen molar-refractivity contribution in [3.8, 4) is 0 Å². The van der Waals surface area contributed by atoms with Crippen LogP contribution in [0.5, 0.6) is 0 Å². The normalized spacial score (nSPS) is 37.6. The van der Waals surface area contributed by atoms with Crippen LogP contribution in [0.1, 0.15) is 56.6 Å². The lowest BCUT2D eigenvalue weighted by molar-refractivity contribution is -0.187. The Kier molecular flexibility index (Phi) is 4.15. The van der Waals surface area contributed by atoms with Gasteiger partial charge in [-0.05, 0) is 47.1 Å². The summed E-state index contributed by atoms with van der Waals surface area (Å²) in [7, 11) is 0. The first-order valence-electron chi connectivity index (χ1n) is 10.8. The van der Waals surface area contributed by atoms with Gasteiger partial charge in [0.15, 0.2) is 0 Å². The Bertz CT molecular complexity index is 811. The Morgan fingerprint density at radius 2 is 1.43 bits per heavy atom. The first kappa shape index (κ1) is 18.0. The zero-order valence-electron chi connectivity index (χ0n) is 17.0. The predicted octanol–water partition coefficient (Wildman–Crippen LogP) is 5.80. The minimum Gasteiger partial charge on any atom is -0.462 e. The maximum absolute atomic E-state index is 13.2. The smallest absolute Gasteiger partial charge is 0.310 e. The van der Waals surface area contributed by atoms with E-state index in [4.69, 9.17) is 4.74 Å². The van der Waals surface area contributed by atoms with E-state index in [2.05, 4.69) is 69.3 Å². The SMILES string of the molecule is C[C@@H]1[C@@H](OC(=O)C2[C@H](c3ccccc3)[C@H]2c2ccccc2)C[C@H]2C[C@@H]1C2(C)C. The molecule has 0 unspecified atom stereocenters. The number of hydrogen-bond donors (Lipinski definition) is 0. The Hall–Kier alpha value is -2.09. The van der Waals surface area contributed by atoms with Gasteiger partial charge in [-0.15, -0.1) is 0 Å². The number of esters is 1. The maximum atomic E-state index is 13.2. The van der Waals surface area contributed by atoms with Gasteiger partial charge in [0, 0.05) is 11.8 Å². The minimum atomic E-state index is -0.0525. The van der Waals surface area contributed by atoms with Gasteiger partial charge in [-0.25, -0.2) is 0 Å². The van der Waals surface area contributed by atoms with Crippen LogP contribution >= 0.6 is 0 Å². The van der Waals surface area contributed by atoms with Crippen LogP contribution in [0.4, 0.5) is 0 Å². The molecule has 0 spiro atoms. The van der Waals surface area contributed by atoms with Gasteiger partial charge in [0.25, 0.3) is 0 Å². The van der Waals surface area contributed by atoms with E-state index in [1.54, 1.807) is 0 Å². The third-order valence-electron chi connectivity index (χ3n) is 8.21. The van der Waals surface area contributed by atoms with Crippen molar-refractivity contribution in [2.75, 3.05) is 0 Å². The Morgan fingerprint density at radius 1 is 0.893 bits per heavy atom. The van der Waals surface area contributed by atoms with Crippen LogP contribution in [0.3, 0.4) is 0 Å². The van der Waals surface area contributed by atoms with Gasteiger partial charge >= 0.3 is 5.97 Å². The summed E-state index contributed by atoms with van der Waals surface area (Å²) < 4.78 is 6.19. The molecule has 2 bridgehead atoms. The van der Waals surface area contributed by atoms with Crippen LogP contribution in [0.25, 0.3) is 0 Å². The quantitative estimate of drug-likeness (QED) is 0.632. The molecule has 0 saturated heterocycles. The van der Waals surface area contributed by atoms with Crippen LogP contribution in [0, 0.1) is 29.1 Å². The average Bonchev–Trinajstić information content (AvgIpc) is 3.46. The first-order chi connectivity index (χ1) is 13.5. The van der Waals surface area contributed by atoms with E-state index < -0.39 is 0 Å². The van der Waals surface area contributed by atoms with Gasteiger partial charge in [0.1, 0.15) is 6.10 Å². The summed E-state index contributed by atoms with van der Waals surface area (Å²) in [5.74, 6) is 2.30. The fraction of sp³-hybridized carbons (Fsp3) is 0.500. The third kappa shape index (κ3) is 2.72. The topological polar surface area (TPSA) is 26.3 Å². The molecule has 4 saturated carbocycles. The molecular weight excluding hydrogens is 344 g/mol. The van der Waals surface area contributed by atoms with Crippen LogP contribution < -0.4 is 0 Å². The Morgan fingerprint density at radius 3 is 1.89 bits per heavy atom. The van der Waals surface area contributed by atoms with Gasteiger partial charge in [0.2, 0.25) is 0 Å². The monoisotopic (exact) mass is 374 g/mol. The van der Waals surface area contributed by atoms with Gasteiger partial charge in [-0.3, -0.25) is 4.79 Å². The van der Waals surface area contributed by atoms with Gasteiger partial charge in [0.05, 0.1) is 5.92 Å². The van der Waals surface area contributed by atoms with Crippen molar-refractivity contribution in [3.05, 3.63) is 71.8 Å². The molecule has 0 radical (unpaired) electrons. The molecule has 146 valence electrons. The number of carbonyl (C=O) groups is 1. The highest BCUT2D eigenvalue weighted by atomic mass is 16.5. The summed E-state index contributed by atoms with van der Waals surface area (Å²) in [6, 6.07) is 20.9. The second kappa shape index (κ2) is 6.47. The molecule has 0 N–H and O–H groups in total. The maximum Gasteiger partial charge on any atom is 0.310 e. The van der Waals surface area contributed by atoms with Crippen molar-refractivity contribution in [1.82, 2.24) is 0 Å². The van der Waals surface area contributed by atoms with Gasteiger partial charge in [-0.2, -0.15) is 0 Å². The van der Waals surface area contributed by atoms with Crippen molar-refractivity contribution < 1.29 is 9.53 Å². The highest BCUT2D eigenvalue weighted by Gasteiger charge is 2.60. The average molecular weight is 375 g/mol. The number of rotatable bonds is 4. The molecule has 2 nitrogen and oxygen atoms in total. The number of ether oxygens (including phenoxy) is 1. The molecule has 0 amide bonds. The summed E-state index contributed by atoms with van der Waals surface area (Å²) in [6.45, 7) is 7.06. The molecule has 4 aliphatic carbocycles. The van der Waals surface area contributed by atoms with E-state index >= 15 is 0 Å². The second-order valence-corrected chi connectivity index (χ2v) is 9.83. The molecule has 4 fully saturated rings. The summed E-state index contributed by atoms with van der Waals surface area (Å²) in [5.41, 5.74) is 2.92. The zero-order valence-corrected chi connectivity index (χ0v) is 17.0. The molecule has 0 aromatic heterocycles. The largest absolute Gasteiger partial charge is 0.462 e.